The summed E-state index contributed by atoms with van der Waals surface area (Å²) in [7, 11) is 0. The Balaban J connectivity index is 1.83. The van der Waals surface area contributed by atoms with Gasteiger partial charge in [-0.3, -0.25) is 0 Å². The fourth-order valence-electron chi connectivity index (χ4n) is 3.22. The van der Waals surface area contributed by atoms with E-state index in [1.807, 2.05) is 0 Å². The van der Waals surface area contributed by atoms with Crippen molar-refractivity contribution >= 4 is 22.7 Å². The first kappa shape index (κ1) is 17.0. The maximum Gasteiger partial charge on any atom is 0.0860 e. The quantitative estimate of drug-likeness (QED) is 0.407. The lowest BCUT2D eigenvalue weighted by atomic mass is 9.86. The van der Waals surface area contributed by atoms with Gasteiger partial charge in [-0.25, -0.2) is 0 Å². The van der Waals surface area contributed by atoms with Gasteiger partial charge in [0.05, 0.1) is 5.03 Å². The zero-order valence-electron chi connectivity index (χ0n) is 15.4. The van der Waals surface area contributed by atoms with E-state index in [-0.39, 0.29) is 5.41 Å². The molecule has 130 valence electrons. The predicted molar refractivity (Wildman–Crippen MR) is 113 cm³/mol. The van der Waals surface area contributed by atoms with Crippen LogP contribution >= 0.6 is 11.8 Å². The first-order valence-electron chi connectivity index (χ1n) is 8.97. The normalized spacial score (nSPS) is 11.8. The summed E-state index contributed by atoms with van der Waals surface area (Å²) in [5.41, 5.74) is 5.25. The molecule has 4 aromatic rings. The number of nitrogens with one attached hydrogen (secondary N) is 1. The van der Waals surface area contributed by atoms with Crippen LogP contribution in [0.4, 0.5) is 0 Å². The van der Waals surface area contributed by atoms with Crippen molar-refractivity contribution in [1.82, 2.24) is 4.98 Å². The molecule has 0 radical (unpaired) electrons. The molecule has 2 heteroatoms. The molecule has 0 aliphatic rings. The first-order valence-corrected chi connectivity index (χ1v) is 9.78. The Bertz CT molecular complexity index is 1020. The molecule has 3 aromatic carbocycles. The number of aromatic amines is 1. The summed E-state index contributed by atoms with van der Waals surface area (Å²) in [5, 5.41) is 2.47. The van der Waals surface area contributed by atoms with E-state index in [0.717, 1.165) is 0 Å². The second-order valence-corrected chi connectivity index (χ2v) is 8.70. The standard InChI is InChI=1S/C24H23NS/c1-24(2,3)18-15-13-17(14-16-18)22-20-11-7-8-12-21(20)25-23(22)26-19-9-5-4-6-10-19/h4-16,25H,1-3H3. The summed E-state index contributed by atoms with van der Waals surface area (Å²) in [6.45, 7) is 6.76. The molecule has 0 fully saturated rings. The van der Waals surface area contributed by atoms with Gasteiger partial charge in [-0.15, -0.1) is 0 Å². The van der Waals surface area contributed by atoms with Gasteiger partial charge >= 0.3 is 0 Å². The van der Waals surface area contributed by atoms with Crippen LogP contribution in [0.1, 0.15) is 26.3 Å². The molecule has 0 amide bonds. The highest BCUT2D eigenvalue weighted by Crippen LogP contribution is 2.41. The minimum Gasteiger partial charge on any atom is -0.349 e. The lowest BCUT2D eigenvalue weighted by molar-refractivity contribution is 0.590. The lowest BCUT2D eigenvalue weighted by Gasteiger charge is -2.19. The van der Waals surface area contributed by atoms with Gasteiger partial charge in [-0.1, -0.05) is 93.2 Å². The summed E-state index contributed by atoms with van der Waals surface area (Å²) >= 11 is 1.79. The minimum absolute atomic E-state index is 0.167. The van der Waals surface area contributed by atoms with Crippen molar-refractivity contribution in [2.75, 3.05) is 0 Å². The van der Waals surface area contributed by atoms with E-state index in [1.54, 1.807) is 11.8 Å². The largest absolute Gasteiger partial charge is 0.349 e. The van der Waals surface area contributed by atoms with Gasteiger partial charge in [0.1, 0.15) is 0 Å². The van der Waals surface area contributed by atoms with Crippen LogP contribution in [0.5, 0.6) is 0 Å². The van der Waals surface area contributed by atoms with Crippen molar-refractivity contribution in [3.05, 3.63) is 84.4 Å². The van der Waals surface area contributed by atoms with Gasteiger partial charge in [-0.2, -0.15) is 0 Å². The van der Waals surface area contributed by atoms with Crippen LogP contribution in [0.15, 0.2) is 88.8 Å². The van der Waals surface area contributed by atoms with E-state index in [9.17, 15) is 0 Å². The van der Waals surface area contributed by atoms with Crippen LogP contribution in [0, 0.1) is 0 Å². The maximum atomic E-state index is 3.62. The molecule has 1 aromatic heterocycles. The van der Waals surface area contributed by atoms with Crippen LogP contribution < -0.4 is 0 Å². The first-order chi connectivity index (χ1) is 12.5. The number of aromatic nitrogens is 1. The topological polar surface area (TPSA) is 15.8 Å². The van der Waals surface area contributed by atoms with Gasteiger partial charge in [0, 0.05) is 21.4 Å². The maximum absolute atomic E-state index is 3.62. The van der Waals surface area contributed by atoms with Crippen molar-refractivity contribution in [3.8, 4) is 11.1 Å². The molecule has 0 saturated heterocycles. The molecular weight excluding hydrogens is 334 g/mol. The van der Waals surface area contributed by atoms with E-state index in [1.165, 1.54) is 37.5 Å². The summed E-state index contributed by atoms with van der Waals surface area (Å²) in [6.07, 6.45) is 0. The Hall–Kier alpha value is -2.45. The number of benzene rings is 3. The predicted octanol–water partition coefficient (Wildman–Crippen LogP) is 7.28. The van der Waals surface area contributed by atoms with Gasteiger partial charge in [-0.05, 0) is 34.7 Å². The highest BCUT2D eigenvalue weighted by Gasteiger charge is 2.17. The molecule has 0 spiro atoms. The Morgan fingerprint density at radius 1 is 0.731 bits per heavy atom. The summed E-state index contributed by atoms with van der Waals surface area (Å²) in [6, 6.07) is 28.1. The van der Waals surface area contributed by atoms with E-state index in [2.05, 4.69) is 105 Å². The van der Waals surface area contributed by atoms with Crippen molar-refractivity contribution in [3.63, 3.8) is 0 Å². The van der Waals surface area contributed by atoms with Gasteiger partial charge in [0.25, 0.3) is 0 Å². The molecule has 0 aliphatic heterocycles. The van der Waals surface area contributed by atoms with E-state index in [4.69, 9.17) is 0 Å². The van der Waals surface area contributed by atoms with Crippen LogP contribution in [0.25, 0.3) is 22.0 Å². The molecule has 4 rings (SSSR count). The van der Waals surface area contributed by atoms with Gasteiger partial charge < -0.3 is 4.98 Å². The average Bonchev–Trinajstić information content (AvgIpc) is 2.99. The Kier molecular flexibility index (Phi) is 4.37. The monoisotopic (exact) mass is 357 g/mol. The summed E-state index contributed by atoms with van der Waals surface area (Å²) in [4.78, 5) is 4.86. The van der Waals surface area contributed by atoms with Crippen LogP contribution in [-0.4, -0.2) is 4.98 Å². The fraction of sp³-hybridized carbons (Fsp3) is 0.167. The molecule has 0 unspecified atom stereocenters. The zero-order chi connectivity index (χ0) is 18.1. The molecule has 0 saturated carbocycles. The fourth-order valence-corrected chi connectivity index (χ4v) is 4.24. The van der Waals surface area contributed by atoms with Gasteiger partial charge in [0.2, 0.25) is 0 Å². The number of fused-ring (bicyclic) bond motifs is 1. The molecule has 26 heavy (non-hydrogen) atoms. The van der Waals surface area contributed by atoms with Crippen molar-refractivity contribution in [2.45, 2.75) is 36.1 Å². The lowest BCUT2D eigenvalue weighted by Crippen LogP contribution is -2.10. The third-order valence-corrected chi connectivity index (χ3v) is 5.69. The molecule has 1 nitrogen and oxygen atoms in total. The smallest absolute Gasteiger partial charge is 0.0860 e. The number of rotatable bonds is 3. The Morgan fingerprint density at radius 3 is 2.08 bits per heavy atom. The Morgan fingerprint density at radius 2 is 1.38 bits per heavy atom. The average molecular weight is 358 g/mol. The molecule has 0 atom stereocenters. The number of hydrogen-bond donors (Lipinski definition) is 1. The zero-order valence-corrected chi connectivity index (χ0v) is 16.2. The van der Waals surface area contributed by atoms with E-state index < -0.39 is 0 Å². The second kappa shape index (κ2) is 6.69. The Labute approximate surface area is 159 Å². The number of hydrogen-bond acceptors (Lipinski definition) is 1. The number of H-pyrrole nitrogens is 1. The van der Waals surface area contributed by atoms with E-state index in [0.29, 0.717) is 0 Å². The minimum atomic E-state index is 0.167. The second-order valence-electron chi connectivity index (χ2n) is 7.62. The van der Waals surface area contributed by atoms with Gasteiger partial charge in [0.15, 0.2) is 0 Å². The third kappa shape index (κ3) is 3.30. The molecule has 0 aliphatic carbocycles. The number of para-hydroxylation sites is 1. The SMILES string of the molecule is CC(C)(C)c1ccc(-c2c(Sc3ccccc3)[nH]c3ccccc23)cc1. The highest BCUT2D eigenvalue weighted by atomic mass is 32.2. The highest BCUT2D eigenvalue weighted by molar-refractivity contribution is 7.99. The molecule has 1 heterocycles. The summed E-state index contributed by atoms with van der Waals surface area (Å²) in [5.74, 6) is 0. The van der Waals surface area contributed by atoms with Crippen molar-refractivity contribution < 1.29 is 0 Å². The van der Waals surface area contributed by atoms with Crippen LogP contribution in [0.2, 0.25) is 0 Å². The van der Waals surface area contributed by atoms with Crippen LogP contribution in [0.3, 0.4) is 0 Å². The molecular formula is C24H23NS. The van der Waals surface area contributed by atoms with Crippen LogP contribution in [-0.2, 0) is 5.41 Å². The third-order valence-electron chi connectivity index (χ3n) is 4.67. The van der Waals surface area contributed by atoms with E-state index >= 15 is 0 Å². The van der Waals surface area contributed by atoms with Crippen molar-refractivity contribution in [2.24, 2.45) is 0 Å². The van der Waals surface area contributed by atoms with Crippen molar-refractivity contribution in [1.29, 1.82) is 0 Å². The molecule has 1 N–H and O–H groups in total. The molecule has 0 bridgehead atoms. The summed E-state index contributed by atoms with van der Waals surface area (Å²) < 4.78 is 0.